The molecule has 1 aliphatic rings. The van der Waals surface area contributed by atoms with E-state index in [-0.39, 0.29) is 17.4 Å². The lowest BCUT2D eigenvalue weighted by molar-refractivity contribution is -0.122. The quantitative estimate of drug-likeness (QED) is 0.793. The number of thioether (sulfide) groups is 1. The smallest absolute Gasteiger partial charge is 0.221 e. The van der Waals surface area contributed by atoms with E-state index in [4.69, 9.17) is 0 Å². The van der Waals surface area contributed by atoms with Gasteiger partial charge in [-0.25, -0.2) is 13.4 Å². The van der Waals surface area contributed by atoms with E-state index in [2.05, 4.69) is 10.3 Å². The molecule has 1 aromatic heterocycles. The Hall–Kier alpha value is -0.600. The van der Waals surface area contributed by atoms with Crippen LogP contribution in [-0.4, -0.2) is 42.1 Å². The van der Waals surface area contributed by atoms with Gasteiger partial charge in [0, 0.05) is 23.3 Å². The maximum Gasteiger partial charge on any atom is 0.221 e. The second-order valence-electron chi connectivity index (χ2n) is 5.61. The largest absolute Gasteiger partial charge is 0.350 e. The molecule has 0 aliphatic carbocycles. The molecule has 8 heteroatoms. The fourth-order valence-corrected chi connectivity index (χ4v) is 5.97. The van der Waals surface area contributed by atoms with Crippen molar-refractivity contribution in [2.75, 3.05) is 17.3 Å². The van der Waals surface area contributed by atoms with Crippen LogP contribution < -0.4 is 5.32 Å². The highest BCUT2D eigenvalue weighted by Crippen LogP contribution is 2.23. The van der Waals surface area contributed by atoms with Gasteiger partial charge in [-0.15, -0.1) is 11.3 Å². The maximum atomic E-state index is 11.9. The Balaban J connectivity index is 1.68. The Morgan fingerprint density at radius 1 is 1.57 bits per heavy atom. The van der Waals surface area contributed by atoms with Gasteiger partial charge in [-0.05, 0) is 20.3 Å². The third-order valence-electron chi connectivity index (χ3n) is 3.33. The van der Waals surface area contributed by atoms with Gasteiger partial charge >= 0.3 is 0 Å². The number of carbonyl (C=O) groups is 1. The Kier molecular flexibility index (Phi) is 5.32. The normalized spacial score (nSPS) is 24.1. The first-order valence-electron chi connectivity index (χ1n) is 6.78. The van der Waals surface area contributed by atoms with E-state index in [9.17, 15) is 13.2 Å². The van der Waals surface area contributed by atoms with Gasteiger partial charge in [-0.3, -0.25) is 4.79 Å². The number of aromatic nitrogens is 1. The second-order valence-corrected chi connectivity index (χ2v) is 9.96. The lowest BCUT2D eigenvalue weighted by Crippen LogP contribution is -2.47. The van der Waals surface area contributed by atoms with Crippen molar-refractivity contribution in [3.05, 3.63) is 16.1 Å². The molecule has 0 bridgehead atoms. The molecular weight excluding hydrogens is 328 g/mol. The monoisotopic (exact) mass is 348 g/mol. The van der Waals surface area contributed by atoms with Crippen LogP contribution in [0.3, 0.4) is 0 Å². The van der Waals surface area contributed by atoms with E-state index in [1.165, 1.54) is 0 Å². The Bertz CT molecular complexity index is 612. The summed E-state index contributed by atoms with van der Waals surface area (Å²) in [6, 6.07) is 0. The Morgan fingerprint density at radius 2 is 2.33 bits per heavy atom. The van der Waals surface area contributed by atoms with Gasteiger partial charge < -0.3 is 5.32 Å². The molecule has 1 aromatic rings. The molecule has 0 saturated carbocycles. The molecule has 1 saturated heterocycles. The van der Waals surface area contributed by atoms with Gasteiger partial charge in [-0.1, -0.05) is 0 Å². The number of nitrogens with one attached hydrogen (secondary N) is 1. The van der Waals surface area contributed by atoms with Crippen LogP contribution in [0.2, 0.25) is 0 Å². The molecule has 0 unspecified atom stereocenters. The van der Waals surface area contributed by atoms with E-state index in [1.807, 2.05) is 12.3 Å². The second kappa shape index (κ2) is 6.66. The molecule has 1 N–H and O–H groups in total. The Morgan fingerprint density at radius 3 is 2.90 bits per heavy atom. The van der Waals surface area contributed by atoms with E-state index in [0.717, 1.165) is 16.5 Å². The summed E-state index contributed by atoms with van der Waals surface area (Å²) in [5.41, 5.74) is 0.462. The van der Waals surface area contributed by atoms with Crippen molar-refractivity contribution in [2.45, 2.75) is 38.0 Å². The molecule has 1 amide bonds. The van der Waals surface area contributed by atoms with Crippen LogP contribution in [0.15, 0.2) is 5.38 Å². The van der Waals surface area contributed by atoms with Crippen LogP contribution in [0, 0.1) is 6.92 Å². The van der Waals surface area contributed by atoms with Crippen molar-refractivity contribution in [3.63, 3.8) is 0 Å². The van der Waals surface area contributed by atoms with Gasteiger partial charge in [0.2, 0.25) is 5.91 Å². The first-order chi connectivity index (χ1) is 9.78. The number of amides is 1. The zero-order valence-electron chi connectivity index (χ0n) is 12.2. The minimum absolute atomic E-state index is 0.0526. The summed E-state index contributed by atoms with van der Waals surface area (Å²) < 4.78 is 23.0. The number of thiazole rings is 1. The molecule has 0 radical (unpaired) electrons. The summed E-state index contributed by atoms with van der Waals surface area (Å²) in [5, 5.41) is 5.96. The summed E-state index contributed by atoms with van der Waals surface area (Å²) in [7, 11) is -2.99. The zero-order valence-corrected chi connectivity index (χ0v) is 14.7. The van der Waals surface area contributed by atoms with Gasteiger partial charge in [0.25, 0.3) is 0 Å². The van der Waals surface area contributed by atoms with Crippen molar-refractivity contribution >= 4 is 38.8 Å². The molecule has 118 valence electrons. The lowest BCUT2D eigenvalue weighted by Gasteiger charge is -2.23. The van der Waals surface area contributed by atoms with E-state index in [1.54, 1.807) is 30.0 Å². The summed E-state index contributed by atoms with van der Waals surface area (Å²) in [6.45, 7) is 3.78. The highest BCUT2D eigenvalue weighted by molar-refractivity contribution is 7.98. The van der Waals surface area contributed by atoms with Crippen LogP contribution in [-0.2, 0) is 20.4 Å². The third kappa shape index (κ3) is 5.27. The number of rotatable bonds is 6. The van der Waals surface area contributed by atoms with Crippen molar-refractivity contribution < 1.29 is 13.2 Å². The minimum Gasteiger partial charge on any atom is -0.350 e. The molecule has 21 heavy (non-hydrogen) atoms. The molecular formula is C13H20N2O3S3. The average molecular weight is 349 g/mol. The lowest BCUT2D eigenvalue weighted by atomic mass is 10.0. The fourth-order valence-electron chi connectivity index (χ4n) is 2.32. The predicted octanol–water partition coefficient (Wildman–Crippen LogP) is 1.77. The summed E-state index contributed by atoms with van der Waals surface area (Å²) in [5.74, 6) is 1.67. The minimum atomic E-state index is -2.99. The number of hydrogen-bond donors (Lipinski definition) is 1. The maximum absolute atomic E-state index is 11.9. The highest BCUT2D eigenvalue weighted by Gasteiger charge is 2.39. The predicted molar refractivity (Wildman–Crippen MR) is 87.4 cm³/mol. The van der Waals surface area contributed by atoms with Crippen molar-refractivity contribution in [1.29, 1.82) is 0 Å². The molecule has 5 nitrogen and oxygen atoms in total. The SMILES string of the molecule is Cc1nc(CSCCC(=O)N[C@]2(C)CCS(=O)(=O)C2)cs1. The van der Waals surface area contributed by atoms with Gasteiger partial charge in [0.15, 0.2) is 9.84 Å². The zero-order chi connectivity index (χ0) is 15.5. The number of sulfone groups is 1. The van der Waals surface area contributed by atoms with Gasteiger partial charge in [-0.2, -0.15) is 11.8 Å². The van der Waals surface area contributed by atoms with Crippen molar-refractivity contribution in [2.24, 2.45) is 0 Å². The number of nitrogens with zero attached hydrogens (tertiary/aromatic N) is 1. The van der Waals surface area contributed by atoms with Crippen LogP contribution in [0.1, 0.15) is 30.5 Å². The highest BCUT2D eigenvalue weighted by atomic mass is 32.2. The Labute approximate surface area is 133 Å². The van der Waals surface area contributed by atoms with E-state index in [0.29, 0.717) is 18.6 Å². The van der Waals surface area contributed by atoms with Crippen LogP contribution in [0.25, 0.3) is 0 Å². The first kappa shape index (κ1) is 16.8. The topological polar surface area (TPSA) is 76.1 Å². The van der Waals surface area contributed by atoms with Crippen molar-refractivity contribution in [1.82, 2.24) is 10.3 Å². The molecule has 1 aliphatic heterocycles. The standard InChI is InChI=1S/C13H20N2O3S3/c1-10-14-11(8-20-10)7-19-5-3-12(16)15-13(2)4-6-21(17,18)9-13/h8H,3-7,9H2,1-2H3,(H,15,16)/t13-/m1/s1. The number of carbonyl (C=O) groups excluding carboxylic acids is 1. The molecule has 1 atom stereocenters. The van der Waals surface area contributed by atoms with E-state index < -0.39 is 15.4 Å². The number of hydrogen-bond acceptors (Lipinski definition) is 6. The van der Waals surface area contributed by atoms with E-state index >= 15 is 0 Å². The summed E-state index contributed by atoms with van der Waals surface area (Å²) >= 11 is 3.30. The van der Waals surface area contributed by atoms with Crippen LogP contribution in [0.5, 0.6) is 0 Å². The van der Waals surface area contributed by atoms with Gasteiger partial charge in [0.1, 0.15) is 0 Å². The summed E-state index contributed by atoms with van der Waals surface area (Å²) in [6.07, 6.45) is 0.912. The molecule has 2 heterocycles. The molecule has 1 fully saturated rings. The van der Waals surface area contributed by atoms with Crippen LogP contribution in [0.4, 0.5) is 0 Å². The molecule has 0 spiro atoms. The van der Waals surface area contributed by atoms with Gasteiger partial charge in [0.05, 0.1) is 27.7 Å². The van der Waals surface area contributed by atoms with Crippen LogP contribution >= 0.6 is 23.1 Å². The molecule has 2 rings (SSSR count). The fraction of sp³-hybridized carbons (Fsp3) is 0.692. The number of aryl methyl sites for hydroxylation is 1. The first-order valence-corrected chi connectivity index (χ1v) is 10.6. The third-order valence-corrected chi connectivity index (χ3v) is 7.05. The molecule has 0 aromatic carbocycles. The van der Waals surface area contributed by atoms with Crippen molar-refractivity contribution in [3.8, 4) is 0 Å². The average Bonchev–Trinajstić information content (AvgIpc) is 2.89. The summed E-state index contributed by atoms with van der Waals surface area (Å²) in [4.78, 5) is 16.3.